The van der Waals surface area contributed by atoms with E-state index in [9.17, 15) is 4.79 Å². The molecule has 0 bridgehead atoms. The maximum absolute atomic E-state index is 13.0. The Morgan fingerprint density at radius 3 is 1.94 bits per heavy atom. The zero-order valence-electron chi connectivity index (χ0n) is 19.5. The number of nitrogens with zero attached hydrogens (tertiary/aromatic N) is 4. The molecule has 3 aromatic carbocycles. The van der Waals surface area contributed by atoms with Gasteiger partial charge in [0.1, 0.15) is 10.8 Å². The van der Waals surface area contributed by atoms with Crippen LogP contribution in [0.15, 0.2) is 95.9 Å². The first-order valence-electron chi connectivity index (χ1n) is 11.7. The third kappa shape index (κ3) is 4.81. The van der Waals surface area contributed by atoms with Crippen molar-refractivity contribution in [2.24, 2.45) is 0 Å². The molecule has 6 nitrogen and oxygen atoms in total. The van der Waals surface area contributed by atoms with E-state index in [0.717, 1.165) is 26.2 Å². The Kier molecular flexibility index (Phi) is 6.84. The predicted octanol–water partition coefficient (Wildman–Crippen LogP) is 4.81. The summed E-state index contributed by atoms with van der Waals surface area (Å²) in [4.78, 5) is 17.7. The van der Waals surface area contributed by atoms with Crippen LogP contribution in [0.25, 0.3) is 5.69 Å². The van der Waals surface area contributed by atoms with Gasteiger partial charge in [-0.05, 0) is 35.4 Å². The van der Waals surface area contributed by atoms with Crippen molar-refractivity contribution in [1.82, 2.24) is 14.7 Å². The van der Waals surface area contributed by atoms with Crippen LogP contribution in [0.2, 0.25) is 5.02 Å². The molecule has 2 heterocycles. The lowest BCUT2D eigenvalue weighted by molar-refractivity contribution is 0.212. The zero-order valence-corrected chi connectivity index (χ0v) is 20.3. The summed E-state index contributed by atoms with van der Waals surface area (Å²) >= 11 is 6.58. The van der Waals surface area contributed by atoms with E-state index in [0.29, 0.717) is 17.1 Å². The molecule has 0 spiro atoms. The molecule has 1 saturated heterocycles. The third-order valence-corrected chi connectivity index (χ3v) is 6.82. The summed E-state index contributed by atoms with van der Waals surface area (Å²) in [7, 11) is 1.60. The van der Waals surface area contributed by atoms with Crippen molar-refractivity contribution in [3.05, 3.63) is 118 Å². The molecule has 1 fully saturated rings. The number of halogens is 1. The Balaban J connectivity index is 1.36. The molecule has 0 atom stereocenters. The van der Waals surface area contributed by atoms with Crippen LogP contribution in [0.3, 0.4) is 0 Å². The van der Waals surface area contributed by atoms with Gasteiger partial charge in [-0.15, -0.1) is 0 Å². The third-order valence-electron chi connectivity index (χ3n) is 6.47. The van der Waals surface area contributed by atoms with E-state index in [2.05, 4.69) is 63.4 Å². The fourth-order valence-electron chi connectivity index (χ4n) is 4.66. The molecule has 0 radical (unpaired) electrons. The molecule has 0 amide bonds. The van der Waals surface area contributed by atoms with E-state index in [1.54, 1.807) is 37.6 Å². The van der Waals surface area contributed by atoms with Gasteiger partial charge in [0, 0.05) is 26.2 Å². The second kappa shape index (κ2) is 10.3. The number of ether oxygens (including phenoxy) is 1. The Morgan fingerprint density at radius 2 is 1.40 bits per heavy atom. The van der Waals surface area contributed by atoms with Gasteiger partial charge in [0.2, 0.25) is 0 Å². The summed E-state index contributed by atoms with van der Waals surface area (Å²) in [5.41, 5.74) is 3.53. The van der Waals surface area contributed by atoms with Gasteiger partial charge >= 0.3 is 0 Å². The average molecular weight is 487 g/mol. The van der Waals surface area contributed by atoms with Gasteiger partial charge in [0.05, 0.1) is 30.7 Å². The number of rotatable bonds is 6. The minimum absolute atomic E-state index is 0.177. The molecule has 0 aliphatic carbocycles. The van der Waals surface area contributed by atoms with Gasteiger partial charge in [0.15, 0.2) is 0 Å². The predicted molar refractivity (Wildman–Crippen MR) is 140 cm³/mol. The van der Waals surface area contributed by atoms with Crippen molar-refractivity contribution in [2.45, 2.75) is 6.04 Å². The summed E-state index contributed by atoms with van der Waals surface area (Å²) in [5.74, 6) is 0.715. The molecular weight excluding hydrogens is 460 g/mol. The molecule has 0 unspecified atom stereocenters. The quantitative estimate of drug-likeness (QED) is 0.391. The molecule has 7 heteroatoms. The first kappa shape index (κ1) is 23.1. The summed E-state index contributed by atoms with van der Waals surface area (Å²) in [5, 5.41) is 4.60. The van der Waals surface area contributed by atoms with Gasteiger partial charge in [-0.1, -0.05) is 72.3 Å². The number of anilines is 1. The highest BCUT2D eigenvalue weighted by atomic mass is 35.5. The van der Waals surface area contributed by atoms with Crippen molar-refractivity contribution >= 4 is 17.3 Å². The number of aromatic nitrogens is 2. The van der Waals surface area contributed by atoms with Gasteiger partial charge < -0.3 is 9.64 Å². The number of methoxy groups -OCH3 is 1. The van der Waals surface area contributed by atoms with Gasteiger partial charge in [-0.3, -0.25) is 9.69 Å². The average Bonchev–Trinajstić information content (AvgIpc) is 2.92. The number of piperazine rings is 1. The van der Waals surface area contributed by atoms with E-state index in [-0.39, 0.29) is 16.6 Å². The molecule has 5 rings (SSSR count). The van der Waals surface area contributed by atoms with Crippen LogP contribution in [-0.2, 0) is 0 Å². The maximum atomic E-state index is 13.0. The highest BCUT2D eigenvalue weighted by Crippen LogP contribution is 2.31. The highest BCUT2D eigenvalue weighted by molar-refractivity contribution is 6.33. The van der Waals surface area contributed by atoms with Crippen LogP contribution in [-0.4, -0.2) is 48.0 Å². The molecule has 1 aromatic heterocycles. The maximum Gasteiger partial charge on any atom is 0.292 e. The van der Waals surface area contributed by atoms with Crippen LogP contribution in [0.5, 0.6) is 5.75 Å². The standard InChI is InChI=1S/C28H27ClN4O2/c1-35-24-14-12-23(13-15-24)33-28(34)26(29)25(20-30-33)31-16-18-32(19-17-31)27(21-8-4-2-5-9-21)22-10-6-3-7-11-22/h2-15,20,27H,16-19H2,1H3. The van der Waals surface area contributed by atoms with Crippen LogP contribution >= 0.6 is 11.6 Å². The molecule has 35 heavy (non-hydrogen) atoms. The minimum Gasteiger partial charge on any atom is -0.497 e. The summed E-state index contributed by atoms with van der Waals surface area (Å²) in [6.45, 7) is 3.19. The SMILES string of the molecule is COc1ccc(-n2ncc(N3CCN(C(c4ccccc4)c4ccccc4)CC3)c(Cl)c2=O)cc1. The number of hydrogen-bond acceptors (Lipinski definition) is 5. The minimum atomic E-state index is -0.330. The lowest BCUT2D eigenvalue weighted by Gasteiger charge is -2.40. The van der Waals surface area contributed by atoms with Crippen LogP contribution in [0.4, 0.5) is 5.69 Å². The molecule has 178 valence electrons. The van der Waals surface area contributed by atoms with Crippen LogP contribution in [0, 0.1) is 0 Å². The summed E-state index contributed by atoms with van der Waals surface area (Å²) < 4.78 is 6.52. The lowest BCUT2D eigenvalue weighted by Crippen LogP contribution is -2.48. The second-order valence-electron chi connectivity index (χ2n) is 8.51. The van der Waals surface area contributed by atoms with Crippen molar-refractivity contribution in [3.63, 3.8) is 0 Å². The number of benzene rings is 3. The van der Waals surface area contributed by atoms with E-state index in [1.807, 2.05) is 12.1 Å². The lowest BCUT2D eigenvalue weighted by atomic mass is 9.96. The molecule has 4 aromatic rings. The Bertz CT molecular complexity index is 1280. The Labute approximate surface area is 210 Å². The van der Waals surface area contributed by atoms with Gasteiger partial charge in [0.25, 0.3) is 5.56 Å². The van der Waals surface area contributed by atoms with Crippen molar-refractivity contribution in [3.8, 4) is 11.4 Å². The van der Waals surface area contributed by atoms with Crippen LogP contribution in [0.1, 0.15) is 17.2 Å². The smallest absolute Gasteiger partial charge is 0.292 e. The Morgan fingerprint density at radius 1 is 0.829 bits per heavy atom. The van der Waals surface area contributed by atoms with E-state index in [4.69, 9.17) is 16.3 Å². The van der Waals surface area contributed by atoms with Crippen molar-refractivity contribution in [2.75, 3.05) is 38.2 Å². The van der Waals surface area contributed by atoms with Gasteiger partial charge in [-0.2, -0.15) is 9.78 Å². The monoisotopic (exact) mass is 486 g/mol. The number of hydrogen-bond donors (Lipinski definition) is 0. The normalized spacial score (nSPS) is 14.3. The van der Waals surface area contributed by atoms with Crippen molar-refractivity contribution < 1.29 is 4.74 Å². The molecular formula is C28H27ClN4O2. The Hall–Kier alpha value is -3.61. The molecule has 1 aliphatic heterocycles. The van der Waals surface area contributed by atoms with E-state index in [1.165, 1.54) is 15.8 Å². The molecule has 1 aliphatic rings. The van der Waals surface area contributed by atoms with Crippen LogP contribution < -0.4 is 15.2 Å². The molecule has 0 saturated carbocycles. The van der Waals surface area contributed by atoms with E-state index >= 15 is 0 Å². The second-order valence-corrected chi connectivity index (χ2v) is 8.88. The first-order valence-corrected chi connectivity index (χ1v) is 12.0. The van der Waals surface area contributed by atoms with Gasteiger partial charge in [-0.25, -0.2) is 0 Å². The fraction of sp³-hybridized carbons (Fsp3) is 0.214. The zero-order chi connectivity index (χ0) is 24.2. The summed E-state index contributed by atoms with van der Waals surface area (Å²) in [6.07, 6.45) is 1.69. The molecule has 0 N–H and O–H groups in total. The first-order chi connectivity index (χ1) is 17.2. The largest absolute Gasteiger partial charge is 0.497 e. The van der Waals surface area contributed by atoms with E-state index < -0.39 is 0 Å². The summed E-state index contributed by atoms with van der Waals surface area (Å²) in [6, 6.07) is 28.5. The fourth-order valence-corrected chi connectivity index (χ4v) is 4.91. The topological polar surface area (TPSA) is 50.6 Å². The van der Waals surface area contributed by atoms with Crippen molar-refractivity contribution in [1.29, 1.82) is 0 Å². The highest BCUT2D eigenvalue weighted by Gasteiger charge is 2.28.